The van der Waals surface area contributed by atoms with E-state index in [4.69, 9.17) is 4.74 Å². The van der Waals surface area contributed by atoms with Gasteiger partial charge in [0.2, 0.25) is 5.91 Å². The van der Waals surface area contributed by atoms with Crippen LogP contribution in [0.15, 0.2) is 24.3 Å². The molecule has 0 aromatic heterocycles. The van der Waals surface area contributed by atoms with Gasteiger partial charge in [0.15, 0.2) is 0 Å². The fourth-order valence-corrected chi connectivity index (χ4v) is 3.61. The van der Waals surface area contributed by atoms with Crippen molar-refractivity contribution in [2.75, 3.05) is 5.32 Å². The molecule has 20 heavy (non-hydrogen) atoms. The van der Waals surface area contributed by atoms with Gasteiger partial charge in [-0.2, -0.15) is 0 Å². The maximum absolute atomic E-state index is 12.4. The second kappa shape index (κ2) is 5.33. The molecule has 0 spiro atoms. The number of carbonyl (C=O) groups excluding carboxylic acids is 2. The summed E-state index contributed by atoms with van der Waals surface area (Å²) in [7, 11) is 0. The van der Waals surface area contributed by atoms with Crippen LogP contribution in [0, 0.1) is 15.4 Å². The Hall–Kier alpha value is -1.15. The van der Waals surface area contributed by atoms with Crippen molar-refractivity contribution < 1.29 is 19.4 Å². The number of para-hydroxylation sites is 1. The summed E-state index contributed by atoms with van der Waals surface area (Å²) in [6, 6.07) is 7.37. The van der Waals surface area contributed by atoms with Gasteiger partial charge in [0.25, 0.3) is 0 Å². The van der Waals surface area contributed by atoms with Crippen molar-refractivity contribution in [1.29, 1.82) is 0 Å². The normalized spacial score (nSPS) is 31.2. The number of benzene rings is 1. The van der Waals surface area contributed by atoms with E-state index in [2.05, 4.69) is 27.9 Å². The quantitative estimate of drug-likeness (QED) is 0.779. The smallest absolute Gasteiger partial charge is 0.230 e. The molecule has 2 heterocycles. The number of anilines is 1. The van der Waals surface area contributed by atoms with Crippen LogP contribution in [0.5, 0.6) is 0 Å². The monoisotopic (exact) mass is 386 g/mol. The number of rotatable bonds is 3. The van der Waals surface area contributed by atoms with E-state index >= 15 is 0 Å². The summed E-state index contributed by atoms with van der Waals surface area (Å²) < 4.78 is 6.47. The number of ether oxygens (including phenoxy) is 1. The highest BCUT2D eigenvalue weighted by molar-refractivity contribution is 14.1. The number of amides is 1. The highest BCUT2D eigenvalue weighted by Crippen LogP contribution is 2.43. The number of hydrogen-bond acceptors (Lipinski definition) is 4. The van der Waals surface area contributed by atoms with E-state index in [0.717, 1.165) is 9.99 Å². The van der Waals surface area contributed by atoms with E-state index in [-0.39, 0.29) is 18.1 Å². The van der Waals surface area contributed by atoms with Gasteiger partial charge < -0.3 is 20.0 Å². The third-order valence-electron chi connectivity index (χ3n) is 3.98. The zero-order valence-corrected chi connectivity index (χ0v) is 12.7. The summed E-state index contributed by atoms with van der Waals surface area (Å²) in [5.41, 5.74) is 0.693. The molecule has 0 unspecified atom stereocenters. The van der Waals surface area contributed by atoms with Gasteiger partial charge in [0.05, 0.1) is 23.8 Å². The molecule has 1 N–H and O–H groups in total. The molecule has 2 aliphatic heterocycles. The second-order valence-electron chi connectivity index (χ2n) is 5.13. The number of carboxylic acids is 1. The molecular weight excluding hydrogens is 373 g/mol. The number of carbonyl (C=O) groups is 2. The van der Waals surface area contributed by atoms with Gasteiger partial charge in [-0.25, -0.2) is 0 Å². The van der Waals surface area contributed by atoms with Crippen molar-refractivity contribution >= 4 is 40.2 Å². The van der Waals surface area contributed by atoms with Gasteiger partial charge in [-0.05, 0) is 47.6 Å². The number of fused-ring (bicyclic) bond motifs is 2. The molecule has 1 aromatic rings. The largest absolute Gasteiger partial charge is 0.550 e. The molecule has 5 nitrogen and oxygen atoms in total. The summed E-state index contributed by atoms with van der Waals surface area (Å²) in [5, 5.41) is 14.1. The van der Waals surface area contributed by atoms with Crippen LogP contribution >= 0.6 is 22.6 Å². The third-order valence-corrected chi connectivity index (χ3v) is 4.92. The Labute approximate surface area is 129 Å². The first-order chi connectivity index (χ1) is 9.58. The summed E-state index contributed by atoms with van der Waals surface area (Å²) in [4.78, 5) is 23.6. The number of halogens is 1. The molecule has 2 fully saturated rings. The molecule has 2 bridgehead atoms. The maximum Gasteiger partial charge on any atom is 0.230 e. The Morgan fingerprint density at radius 3 is 2.50 bits per heavy atom. The number of carboxylic acid groups (broad SMARTS) is 1. The van der Waals surface area contributed by atoms with Gasteiger partial charge in [0.1, 0.15) is 0 Å². The molecule has 1 amide bonds. The maximum atomic E-state index is 12.4. The Kier molecular flexibility index (Phi) is 3.68. The highest BCUT2D eigenvalue weighted by atomic mass is 127. The first kappa shape index (κ1) is 13.8. The topological polar surface area (TPSA) is 78.5 Å². The molecule has 106 valence electrons. The fraction of sp³-hybridized carbons (Fsp3) is 0.429. The predicted octanol–water partition coefficient (Wildman–Crippen LogP) is 0.773. The van der Waals surface area contributed by atoms with E-state index in [0.29, 0.717) is 12.1 Å². The Bertz CT molecular complexity index is 562. The fourth-order valence-electron chi connectivity index (χ4n) is 3.09. The van der Waals surface area contributed by atoms with E-state index in [1.165, 1.54) is 0 Å². The molecule has 0 aliphatic carbocycles. The summed E-state index contributed by atoms with van der Waals surface area (Å²) in [6.07, 6.45) is 0.744. The van der Waals surface area contributed by atoms with Crippen molar-refractivity contribution in [2.24, 2.45) is 11.8 Å². The number of aliphatic carboxylic acids is 1. The lowest BCUT2D eigenvalue weighted by atomic mass is 9.78. The van der Waals surface area contributed by atoms with Crippen molar-refractivity contribution in [3.8, 4) is 0 Å². The van der Waals surface area contributed by atoms with Crippen molar-refractivity contribution in [3.05, 3.63) is 27.8 Å². The lowest BCUT2D eigenvalue weighted by Gasteiger charge is -2.27. The predicted molar refractivity (Wildman–Crippen MR) is 77.7 cm³/mol. The van der Waals surface area contributed by atoms with Crippen LogP contribution in [0.2, 0.25) is 0 Å². The SMILES string of the molecule is O=C([O-])[C@@H]1[C@H](C(=O)Nc2ccccc2I)[C@H]2CC[C@@H]1O2. The van der Waals surface area contributed by atoms with Crippen LogP contribution < -0.4 is 10.4 Å². The minimum absolute atomic E-state index is 0.296. The molecule has 0 radical (unpaired) electrons. The van der Waals surface area contributed by atoms with Gasteiger partial charge in [-0.1, -0.05) is 12.1 Å². The highest BCUT2D eigenvalue weighted by Gasteiger charge is 2.52. The minimum atomic E-state index is -1.19. The lowest BCUT2D eigenvalue weighted by Crippen LogP contribution is -2.46. The lowest BCUT2D eigenvalue weighted by molar-refractivity contribution is -0.313. The van der Waals surface area contributed by atoms with Gasteiger partial charge >= 0.3 is 0 Å². The van der Waals surface area contributed by atoms with Crippen LogP contribution in [-0.4, -0.2) is 24.1 Å². The van der Waals surface area contributed by atoms with Crippen LogP contribution in [0.1, 0.15) is 12.8 Å². The average Bonchev–Trinajstić information content (AvgIpc) is 3.01. The van der Waals surface area contributed by atoms with Crippen LogP contribution in [0.25, 0.3) is 0 Å². The van der Waals surface area contributed by atoms with Gasteiger partial charge in [-0.3, -0.25) is 4.79 Å². The summed E-state index contributed by atoms with van der Waals surface area (Å²) >= 11 is 2.12. The summed E-state index contributed by atoms with van der Waals surface area (Å²) in [6.45, 7) is 0. The van der Waals surface area contributed by atoms with Crippen molar-refractivity contribution in [1.82, 2.24) is 0 Å². The molecule has 3 rings (SSSR count). The molecular formula is C14H13INO4-. The first-order valence-corrected chi connectivity index (χ1v) is 7.57. The van der Waals surface area contributed by atoms with E-state index in [9.17, 15) is 14.7 Å². The second-order valence-corrected chi connectivity index (χ2v) is 6.29. The van der Waals surface area contributed by atoms with Crippen molar-refractivity contribution in [2.45, 2.75) is 25.0 Å². The van der Waals surface area contributed by atoms with Gasteiger partial charge in [-0.15, -0.1) is 0 Å². The molecule has 1 aromatic carbocycles. The van der Waals surface area contributed by atoms with E-state index in [1.54, 1.807) is 6.07 Å². The van der Waals surface area contributed by atoms with E-state index in [1.807, 2.05) is 18.2 Å². The summed E-state index contributed by atoms with van der Waals surface area (Å²) in [5.74, 6) is -2.99. The Morgan fingerprint density at radius 1 is 1.20 bits per heavy atom. The van der Waals surface area contributed by atoms with Gasteiger partial charge in [0, 0.05) is 15.5 Å². The first-order valence-electron chi connectivity index (χ1n) is 6.49. The molecule has 2 saturated heterocycles. The van der Waals surface area contributed by atoms with Crippen LogP contribution in [-0.2, 0) is 14.3 Å². The van der Waals surface area contributed by atoms with Crippen LogP contribution in [0.4, 0.5) is 5.69 Å². The average molecular weight is 386 g/mol. The van der Waals surface area contributed by atoms with E-state index < -0.39 is 17.8 Å². The standard InChI is InChI=1S/C14H14INO4/c15-7-3-1-2-4-8(7)16-13(17)11-9-5-6-10(20-9)12(11)14(18)19/h1-4,9-12H,5-6H2,(H,16,17)(H,18,19)/p-1/t9-,10+,11-,12+/m1/s1. The number of nitrogens with one attached hydrogen (secondary N) is 1. The van der Waals surface area contributed by atoms with Crippen LogP contribution in [0.3, 0.4) is 0 Å². The molecule has 2 aliphatic rings. The number of hydrogen-bond donors (Lipinski definition) is 1. The molecule has 4 atom stereocenters. The molecule has 0 saturated carbocycles. The Balaban J connectivity index is 1.80. The third kappa shape index (κ3) is 2.31. The molecule has 6 heteroatoms. The minimum Gasteiger partial charge on any atom is -0.550 e. The zero-order valence-electron chi connectivity index (χ0n) is 10.5. The zero-order chi connectivity index (χ0) is 14.3. The Morgan fingerprint density at radius 2 is 1.85 bits per heavy atom. The van der Waals surface area contributed by atoms with Crippen molar-refractivity contribution in [3.63, 3.8) is 0 Å².